The molecular formula is C11H19N2O14P3. The van der Waals surface area contributed by atoms with Crippen molar-refractivity contribution in [1.29, 1.82) is 0 Å². The van der Waals surface area contributed by atoms with Crippen LogP contribution >= 0.6 is 23.5 Å². The minimum absolute atomic E-state index is 0.0292. The first-order chi connectivity index (χ1) is 13.6. The van der Waals surface area contributed by atoms with E-state index in [2.05, 4.69) is 13.1 Å². The lowest BCUT2D eigenvalue weighted by Crippen LogP contribution is -2.43. The van der Waals surface area contributed by atoms with Crippen LogP contribution in [0.3, 0.4) is 0 Å². The number of phosphoric acid groups is 3. The van der Waals surface area contributed by atoms with Gasteiger partial charge in [0.25, 0.3) is 5.56 Å². The molecule has 2 unspecified atom stereocenters. The lowest BCUT2D eigenvalue weighted by Gasteiger charge is -2.31. The molecule has 2 heterocycles. The molecule has 16 nitrogen and oxygen atoms in total. The smallest absolute Gasteiger partial charge is 0.390 e. The van der Waals surface area contributed by atoms with E-state index < -0.39 is 59.3 Å². The maximum atomic E-state index is 11.9. The zero-order valence-electron chi connectivity index (χ0n) is 15.1. The van der Waals surface area contributed by atoms with Crippen molar-refractivity contribution in [2.24, 2.45) is 0 Å². The lowest BCUT2D eigenvalue weighted by molar-refractivity contribution is -0.128. The van der Waals surface area contributed by atoms with Gasteiger partial charge in [-0.15, -0.1) is 0 Å². The first-order valence-electron chi connectivity index (χ1n) is 8.04. The number of hydrogen-bond donors (Lipinski definition) is 6. The summed E-state index contributed by atoms with van der Waals surface area (Å²) in [5.74, 6) is 0. The predicted octanol–water partition coefficient (Wildman–Crippen LogP) is -0.692. The molecule has 1 aromatic rings. The zero-order chi connectivity index (χ0) is 23.0. The highest BCUT2D eigenvalue weighted by Crippen LogP contribution is 2.66. The van der Waals surface area contributed by atoms with E-state index in [1.165, 1.54) is 6.92 Å². The molecule has 0 radical (unpaired) electrons. The molecule has 0 bridgehead atoms. The quantitative estimate of drug-likeness (QED) is 0.232. The normalized spacial score (nSPS) is 28.7. The Labute approximate surface area is 167 Å². The van der Waals surface area contributed by atoms with Gasteiger partial charge in [-0.3, -0.25) is 18.9 Å². The summed E-state index contributed by atoms with van der Waals surface area (Å²) >= 11 is 0. The summed E-state index contributed by atoms with van der Waals surface area (Å²) in [6.07, 6.45) is -1.53. The number of phosphoric ester groups is 1. The summed E-state index contributed by atoms with van der Waals surface area (Å²) < 4.78 is 52.2. The molecule has 0 spiro atoms. The summed E-state index contributed by atoms with van der Waals surface area (Å²) in [6, 6.07) is 1.04. The van der Waals surface area contributed by atoms with Crippen molar-refractivity contribution in [3.63, 3.8) is 0 Å². The Morgan fingerprint density at radius 3 is 2.37 bits per heavy atom. The van der Waals surface area contributed by atoms with Crippen LogP contribution in [0.1, 0.15) is 26.0 Å². The van der Waals surface area contributed by atoms with Crippen molar-refractivity contribution < 1.29 is 56.3 Å². The lowest BCUT2D eigenvalue weighted by atomic mass is 9.95. The number of ether oxygens (including phenoxy) is 1. The van der Waals surface area contributed by atoms with Crippen LogP contribution in [0.4, 0.5) is 0 Å². The van der Waals surface area contributed by atoms with Crippen molar-refractivity contribution in [2.45, 2.75) is 37.7 Å². The fourth-order valence-electron chi connectivity index (χ4n) is 2.67. The number of nitrogens with one attached hydrogen (secondary N) is 1. The first kappa shape index (κ1) is 25.3. The van der Waals surface area contributed by atoms with Gasteiger partial charge in [0.05, 0.1) is 12.7 Å². The van der Waals surface area contributed by atoms with Crippen molar-refractivity contribution in [3.05, 3.63) is 33.1 Å². The van der Waals surface area contributed by atoms with Gasteiger partial charge < -0.3 is 29.4 Å². The minimum Gasteiger partial charge on any atom is -0.390 e. The van der Waals surface area contributed by atoms with Crippen molar-refractivity contribution in [1.82, 2.24) is 9.55 Å². The van der Waals surface area contributed by atoms with E-state index >= 15 is 0 Å². The number of hydrogen-bond acceptors (Lipinski definition) is 10. The third-order valence-electron chi connectivity index (χ3n) is 4.05. The third-order valence-corrected chi connectivity index (χ3v) is 7.83. The maximum absolute atomic E-state index is 11.9. The number of rotatable bonds is 9. The van der Waals surface area contributed by atoms with Crippen LogP contribution in [-0.4, -0.2) is 52.5 Å². The van der Waals surface area contributed by atoms with Crippen molar-refractivity contribution in [2.75, 3.05) is 6.61 Å². The molecule has 5 atom stereocenters. The molecule has 0 amide bonds. The van der Waals surface area contributed by atoms with Gasteiger partial charge in [0.1, 0.15) is 11.8 Å². The van der Waals surface area contributed by atoms with Crippen LogP contribution in [0, 0.1) is 0 Å². The van der Waals surface area contributed by atoms with Gasteiger partial charge in [0, 0.05) is 18.7 Å². The van der Waals surface area contributed by atoms with E-state index in [0.717, 1.165) is 16.8 Å². The number of aromatic nitrogens is 2. The fraction of sp³-hybridized carbons (Fsp3) is 0.636. The maximum Gasteiger partial charge on any atom is 0.490 e. The second kappa shape index (κ2) is 8.87. The highest BCUT2D eigenvalue weighted by atomic mass is 31.3. The highest BCUT2D eigenvalue weighted by Gasteiger charge is 2.50. The molecule has 1 aliphatic rings. The zero-order valence-corrected chi connectivity index (χ0v) is 17.8. The van der Waals surface area contributed by atoms with Gasteiger partial charge in [0.2, 0.25) is 0 Å². The Hall–Kier alpha value is -0.990. The van der Waals surface area contributed by atoms with Gasteiger partial charge in [-0.1, -0.05) is 6.92 Å². The van der Waals surface area contributed by atoms with Gasteiger partial charge in [-0.05, 0) is 6.42 Å². The monoisotopic (exact) mass is 496 g/mol. The molecule has 30 heavy (non-hydrogen) atoms. The van der Waals surface area contributed by atoms with Crippen LogP contribution in [0.5, 0.6) is 0 Å². The summed E-state index contributed by atoms with van der Waals surface area (Å²) in [6.45, 7) is 0.616. The van der Waals surface area contributed by atoms with E-state index in [0.29, 0.717) is 0 Å². The van der Waals surface area contributed by atoms with Crippen LogP contribution < -0.4 is 11.2 Å². The fourth-order valence-corrected chi connectivity index (χ4v) is 5.75. The SMILES string of the molecule is CC[C@]1(COP(=O)(O)OP(=O)(O)OP(=O)(O)O)O[C@H](n2ccc(=O)[nH]c2=O)C[C@@H]1O. The summed E-state index contributed by atoms with van der Waals surface area (Å²) in [7, 11) is -16.7. The summed E-state index contributed by atoms with van der Waals surface area (Å²) in [4.78, 5) is 60.8. The average Bonchev–Trinajstić information content (AvgIpc) is 2.86. The topological polar surface area (TPSA) is 244 Å². The molecule has 0 aliphatic carbocycles. The Kier molecular flexibility index (Phi) is 7.47. The number of aliphatic hydroxyl groups is 1. The standard InChI is InChI=1S/C11H19N2O14P3/c1-2-11(6-24-29(20,21)27-30(22,23)26-28(17,18)19)7(14)5-9(25-11)13-4-3-8(15)12-10(13)16/h3-4,7,9,14H,2,5-6H2,1H3,(H,20,21)(H,22,23)(H,12,15,16)(H2,17,18,19)/t7-,9-,11+/m0/s1. The highest BCUT2D eigenvalue weighted by molar-refractivity contribution is 7.66. The molecule has 6 N–H and O–H groups in total. The number of H-pyrrole nitrogens is 1. The molecule has 0 aromatic carbocycles. The first-order valence-corrected chi connectivity index (χ1v) is 12.6. The Morgan fingerprint density at radius 2 is 1.83 bits per heavy atom. The molecule has 1 saturated heterocycles. The molecule has 0 saturated carbocycles. The molecule has 1 aromatic heterocycles. The van der Waals surface area contributed by atoms with Gasteiger partial charge in [0.15, 0.2) is 0 Å². The Bertz CT molecular complexity index is 1030. The molecule has 19 heteroatoms. The molecule has 1 fully saturated rings. The predicted molar refractivity (Wildman–Crippen MR) is 94.9 cm³/mol. The summed E-state index contributed by atoms with van der Waals surface area (Å²) in [5, 5.41) is 10.4. The number of aromatic amines is 1. The molecule has 1 aliphatic heterocycles. The van der Waals surface area contributed by atoms with Gasteiger partial charge >= 0.3 is 29.2 Å². The van der Waals surface area contributed by atoms with Crippen molar-refractivity contribution >= 4 is 23.5 Å². The minimum atomic E-state index is -5.70. The summed E-state index contributed by atoms with van der Waals surface area (Å²) in [5.41, 5.74) is -3.17. The van der Waals surface area contributed by atoms with Crippen LogP contribution in [-0.2, 0) is 31.6 Å². The third kappa shape index (κ3) is 6.50. The van der Waals surface area contributed by atoms with Crippen LogP contribution in [0.15, 0.2) is 21.9 Å². The van der Waals surface area contributed by atoms with Crippen LogP contribution in [0.2, 0.25) is 0 Å². The Balaban J connectivity index is 2.14. The number of nitrogens with zero attached hydrogens (tertiary/aromatic N) is 1. The van der Waals surface area contributed by atoms with E-state index in [1.807, 2.05) is 4.98 Å². The number of aliphatic hydroxyl groups excluding tert-OH is 1. The van der Waals surface area contributed by atoms with E-state index in [9.17, 15) is 33.3 Å². The molecular weight excluding hydrogens is 477 g/mol. The largest absolute Gasteiger partial charge is 0.490 e. The average molecular weight is 496 g/mol. The van der Waals surface area contributed by atoms with E-state index in [-0.39, 0.29) is 12.8 Å². The second-order valence-corrected chi connectivity index (χ2v) is 10.5. The molecule has 2 rings (SSSR count). The van der Waals surface area contributed by atoms with Gasteiger partial charge in [-0.2, -0.15) is 8.62 Å². The van der Waals surface area contributed by atoms with Gasteiger partial charge in [-0.25, -0.2) is 18.5 Å². The van der Waals surface area contributed by atoms with Crippen LogP contribution in [0.25, 0.3) is 0 Å². The van der Waals surface area contributed by atoms with Crippen molar-refractivity contribution in [3.8, 4) is 0 Å². The van der Waals surface area contributed by atoms with E-state index in [4.69, 9.17) is 19.4 Å². The Morgan fingerprint density at radius 1 is 1.20 bits per heavy atom. The van der Waals surface area contributed by atoms with E-state index in [1.54, 1.807) is 0 Å². The molecule has 172 valence electrons. The second-order valence-electron chi connectivity index (χ2n) is 6.12.